The number of para-hydroxylation sites is 1. The Hall–Kier alpha value is -2.96. The van der Waals surface area contributed by atoms with Gasteiger partial charge >= 0.3 is 6.03 Å². The number of amides is 2. The number of methoxy groups -OCH3 is 2. The molecule has 1 heterocycles. The van der Waals surface area contributed by atoms with Gasteiger partial charge in [0.2, 0.25) is 0 Å². The summed E-state index contributed by atoms with van der Waals surface area (Å²) in [5.74, 6) is 0.939. The van der Waals surface area contributed by atoms with Crippen molar-refractivity contribution in [2.75, 3.05) is 50.6 Å². The smallest absolute Gasteiger partial charge is 0.322 e. The summed E-state index contributed by atoms with van der Waals surface area (Å²) in [7, 11) is 3.11. The van der Waals surface area contributed by atoms with Gasteiger partial charge in [-0.3, -0.25) is 0 Å². The monoisotopic (exact) mass is 359 g/mol. The average Bonchev–Trinajstić information content (AvgIpc) is 2.68. The standard InChI is InChI=1S/C19H22FN3O3/c1-25-14-7-8-16(18(13-14)26-2)21-19(24)23-11-9-22(10-12-23)17-6-4-3-5-15(17)20/h3-8,13H,9-12H2,1-2H3,(H,21,24). The van der Waals surface area contributed by atoms with Crippen molar-refractivity contribution in [2.24, 2.45) is 0 Å². The Balaban J connectivity index is 1.61. The molecule has 0 aromatic heterocycles. The summed E-state index contributed by atoms with van der Waals surface area (Å²) in [6, 6.07) is 11.7. The minimum Gasteiger partial charge on any atom is -0.497 e. The number of carbonyl (C=O) groups excluding carboxylic acids is 1. The number of piperazine rings is 1. The average molecular weight is 359 g/mol. The van der Waals surface area contributed by atoms with Crippen LogP contribution >= 0.6 is 0 Å². The Morgan fingerprint density at radius 2 is 1.77 bits per heavy atom. The van der Waals surface area contributed by atoms with E-state index in [1.54, 1.807) is 42.3 Å². The lowest BCUT2D eigenvalue weighted by atomic mass is 10.2. The molecule has 0 aliphatic carbocycles. The van der Waals surface area contributed by atoms with E-state index in [0.717, 1.165) is 0 Å². The third-order valence-electron chi connectivity index (χ3n) is 4.41. The van der Waals surface area contributed by atoms with Crippen LogP contribution in [0.2, 0.25) is 0 Å². The minimum atomic E-state index is -0.242. The zero-order valence-corrected chi connectivity index (χ0v) is 14.9. The van der Waals surface area contributed by atoms with Gasteiger partial charge in [-0.05, 0) is 24.3 Å². The van der Waals surface area contributed by atoms with Crippen LogP contribution in [0, 0.1) is 5.82 Å². The van der Waals surface area contributed by atoms with Crippen molar-refractivity contribution in [3.8, 4) is 11.5 Å². The topological polar surface area (TPSA) is 54.0 Å². The molecule has 1 fully saturated rings. The number of ether oxygens (including phenoxy) is 2. The third kappa shape index (κ3) is 3.82. The molecule has 0 bridgehead atoms. The van der Waals surface area contributed by atoms with Gasteiger partial charge in [0.05, 0.1) is 25.6 Å². The van der Waals surface area contributed by atoms with E-state index in [2.05, 4.69) is 5.32 Å². The van der Waals surface area contributed by atoms with Gasteiger partial charge in [-0.25, -0.2) is 9.18 Å². The van der Waals surface area contributed by atoms with Crippen LogP contribution in [0.3, 0.4) is 0 Å². The van der Waals surface area contributed by atoms with Gasteiger partial charge in [0.1, 0.15) is 17.3 Å². The summed E-state index contributed by atoms with van der Waals surface area (Å²) in [5.41, 5.74) is 1.15. The fourth-order valence-corrected chi connectivity index (χ4v) is 2.95. The highest BCUT2D eigenvalue weighted by Crippen LogP contribution is 2.29. The molecule has 0 atom stereocenters. The summed E-state index contributed by atoms with van der Waals surface area (Å²) in [5, 5.41) is 2.86. The van der Waals surface area contributed by atoms with Crippen LogP contribution in [0.25, 0.3) is 0 Å². The molecule has 1 N–H and O–H groups in total. The van der Waals surface area contributed by atoms with E-state index in [4.69, 9.17) is 9.47 Å². The number of nitrogens with one attached hydrogen (secondary N) is 1. The van der Waals surface area contributed by atoms with E-state index in [0.29, 0.717) is 49.1 Å². The molecule has 2 aromatic rings. The molecule has 1 aliphatic rings. The molecule has 3 rings (SSSR count). The molecule has 1 saturated heterocycles. The number of carbonyl (C=O) groups is 1. The largest absolute Gasteiger partial charge is 0.497 e. The predicted molar refractivity (Wildman–Crippen MR) is 98.8 cm³/mol. The van der Waals surface area contributed by atoms with Gasteiger partial charge in [0.15, 0.2) is 0 Å². The SMILES string of the molecule is COc1ccc(NC(=O)N2CCN(c3ccccc3F)CC2)c(OC)c1. The Morgan fingerprint density at radius 1 is 1.04 bits per heavy atom. The molecule has 0 radical (unpaired) electrons. The second kappa shape index (κ2) is 7.95. The fraction of sp³-hybridized carbons (Fsp3) is 0.316. The van der Waals surface area contributed by atoms with Gasteiger partial charge in [0, 0.05) is 32.2 Å². The molecule has 0 unspecified atom stereocenters. The van der Waals surface area contributed by atoms with Gasteiger partial charge in [-0.15, -0.1) is 0 Å². The Labute approximate surface area is 152 Å². The van der Waals surface area contributed by atoms with Crippen LogP contribution < -0.4 is 19.7 Å². The van der Waals surface area contributed by atoms with Crippen molar-refractivity contribution in [1.82, 2.24) is 4.90 Å². The number of hydrogen-bond donors (Lipinski definition) is 1. The van der Waals surface area contributed by atoms with E-state index in [9.17, 15) is 9.18 Å². The molecule has 2 amide bonds. The van der Waals surface area contributed by atoms with Gasteiger partial charge in [-0.2, -0.15) is 0 Å². The van der Waals surface area contributed by atoms with Crippen LogP contribution in [0.5, 0.6) is 11.5 Å². The lowest BCUT2D eigenvalue weighted by molar-refractivity contribution is 0.208. The Kier molecular flexibility index (Phi) is 5.46. The number of benzene rings is 2. The highest BCUT2D eigenvalue weighted by Gasteiger charge is 2.23. The number of hydrogen-bond acceptors (Lipinski definition) is 4. The molecular formula is C19H22FN3O3. The van der Waals surface area contributed by atoms with E-state index in [1.807, 2.05) is 11.0 Å². The molecule has 138 valence electrons. The van der Waals surface area contributed by atoms with Crippen LogP contribution in [0.1, 0.15) is 0 Å². The molecule has 7 heteroatoms. The molecule has 1 aliphatic heterocycles. The number of urea groups is 1. The summed E-state index contributed by atoms with van der Waals surface area (Å²) in [4.78, 5) is 16.2. The zero-order chi connectivity index (χ0) is 18.5. The van der Waals surface area contributed by atoms with Crippen LogP contribution in [0.15, 0.2) is 42.5 Å². The van der Waals surface area contributed by atoms with Crippen molar-refractivity contribution in [2.45, 2.75) is 0 Å². The maximum Gasteiger partial charge on any atom is 0.322 e. The first-order valence-corrected chi connectivity index (χ1v) is 8.40. The van der Waals surface area contributed by atoms with Gasteiger partial charge < -0.3 is 24.6 Å². The summed E-state index contributed by atoms with van der Waals surface area (Å²) in [6.45, 7) is 2.18. The predicted octanol–water partition coefficient (Wildman–Crippen LogP) is 3.20. The quantitative estimate of drug-likeness (QED) is 0.911. The fourth-order valence-electron chi connectivity index (χ4n) is 2.95. The molecular weight excluding hydrogens is 337 g/mol. The molecule has 0 saturated carbocycles. The van der Waals surface area contributed by atoms with Crippen LogP contribution in [0.4, 0.5) is 20.6 Å². The highest BCUT2D eigenvalue weighted by molar-refractivity contribution is 5.91. The van der Waals surface area contributed by atoms with E-state index >= 15 is 0 Å². The van der Waals surface area contributed by atoms with Crippen molar-refractivity contribution < 1.29 is 18.7 Å². The minimum absolute atomic E-state index is 0.207. The first kappa shape index (κ1) is 17.8. The first-order valence-electron chi connectivity index (χ1n) is 8.40. The molecule has 26 heavy (non-hydrogen) atoms. The third-order valence-corrected chi connectivity index (χ3v) is 4.41. The molecule has 2 aromatic carbocycles. The van der Waals surface area contributed by atoms with Crippen LogP contribution in [-0.4, -0.2) is 51.3 Å². The molecule has 0 spiro atoms. The first-order chi connectivity index (χ1) is 12.6. The maximum absolute atomic E-state index is 13.9. The van der Waals surface area contributed by atoms with Crippen molar-refractivity contribution in [3.63, 3.8) is 0 Å². The summed E-state index contributed by atoms with van der Waals surface area (Å²) < 4.78 is 24.4. The maximum atomic E-state index is 13.9. The number of halogens is 1. The lowest BCUT2D eigenvalue weighted by Crippen LogP contribution is -2.50. The number of nitrogens with zero attached hydrogens (tertiary/aromatic N) is 2. The van der Waals surface area contributed by atoms with E-state index < -0.39 is 0 Å². The zero-order valence-electron chi connectivity index (χ0n) is 14.9. The van der Waals surface area contributed by atoms with Crippen molar-refractivity contribution in [3.05, 3.63) is 48.3 Å². The van der Waals surface area contributed by atoms with E-state index in [1.165, 1.54) is 13.2 Å². The summed E-state index contributed by atoms with van der Waals surface area (Å²) in [6.07, 6.45) is 0. The van der Waals surface area contributed by atoms with Crippen molar-refractivity contribution in [1.29, 1.82) is 0 Å². The Bertz CT molecular complexity index is 776. The Morgan fingerprint density at radius 3 is 2.42 bits per heavy atom. The normalized spacial score (nSPS) is 14.1. The summed E-state index contributed by atoms with van der Waals surface area (Å²) >= 11 is 0. The van der Waals surface area contributed by atoms with Crippen molar-refractivity contribution >= 4 is 17.4 Å². The second-order valence-corrected chi connectivity index (χ2v) is 5.92. The highest BCUT2D eigenvalue weighted by atomic mass is 19.1. The second-order valence-electron chi connectivity index (χ2n) is 5.92. The lowest BCUT2D eigenvalue weighted by Gasteiger charge is -2.36. The molecule has 6 nitrogen and oxygen atoms in total. The number of rotatable bonds is 4. The van der Waals surface area contributed by atoms with Crippen LogP contribution in [-0.2, 0) is 0 Å². The van der Waals surface area contributed by atoms with E-state index in [-0.39, 0.29) is 11.8 Å². The van der Waals surface area contributed by atoms with Gasteiger partial charge in [-0.1, -0.05) is 12.1 Å². The number of anilines is 2. The van der Waals surface area contributed by atoms with Gasteiger partial charge in [0.25, 0.3) is 0 Å².